The molecule has 1 N–H and O–H groups in total. The first-order valence-electron chi connectivity index (χ1n) is 7.92. The second kappa shape index (κ2) is 6.93. The van der Waals surface area contributed by atoms with Crippen molar-refractivity contribution in [1.82, 2.24) is 25.0 Å². The van der Waals surface area contributed by atoms with Gasteiger partial charge in [0.1, 0.15) is 11.3 Å². The van der Waals surface area contributed by atoms with Gasteiger partial charge in [0.05, 0.1) is 5.75 Å². The summed E-state index contributed by atoms with van der Waals surface area (Å²) in [6, 6.07) is 8.07. The monoisotopic (exact) mass is 372 g/mol. The predicted octanol–water partition coefficient (Wildman–Crippen LogP) is 3.04. The number of carbonyl (C=O) groups excluding carboxylic acids is 1. The summed E-state index contributed by atoms with van der Waals surface area (Å²) in [4.78, 5) is 12.1. The molecule has 2 heterocycles. The number of thioether (sulfide) groups is 1. The number of rotatable bonds is 6. The van der Waals surface area contributed by atoms with Crippen molar-refractivity contribution in [2.45, 2.75) is 30.8 Å². The van der Waals surface area contributed by atoms with Gasteiger partial charge < -0.3 is 0 Å². The molecule has 0 spiro atoms. The first-order chi connectivity index (χ1) is 12.2. The number of amides is 1. The van der Waals surface area contributed by atoms with Crippen LogP contribution in [0.5, 0.6) is 0 Å². The maximum Gasteiger partial charge on any atom is 0.236 e. The molecule has 0 saturated heterocycles. The molecule has 2 aromatic heterocycles. The second-order valence-corrected chi connectivity index (χ2v) is 7.83. The van der Waals surface area contributed by atoms with E-state index in [1.807, 2.05) is 35.8 Å². The lowest BCUT2D eigenvalue weighted by molar-refractivity contribution is -0.113. The van der Waals surface area contributed by atoms with Gasteiger partial charge >= 0.3 is 0 Å². The van der Waals surface area contributed by atoms with Crippen molar-refractivity contribution >= 4 is 34.1 Å². The van der Waals surface area contributed by atoms with Gasteiger partial charge in [0.2, 0.25) is 11.0 Å². The molecule has 1 fully saturated rings. The maximum absolute atomic E-state index is 12.1. The molecule has 1 amide bonds. The molecular weight excluding hydrogens is 356 g/mol. The normalized spacial score (nSPS) is 13.8. The van der Waals surface area contributed by atoms with Gasteiger partial charge in [0, 0.05) is 11.6 Å². The van der Waals surface area contributed by atoms with Gasteiger partial charge in [-0.2, -0.15) is 0 Å². The average Bonchev–Trinajstić information content (AvgIpc) is 3.17. The van der Waals surface area contributed by atoms with Crippen molar-refractivity contribution < 1.29 is 4.79 Å². The molecule has 1 aliphatic rings. The zero-order chi connectivity index (χ0) is 17.2. The number of hydrogen-bond donors (Lipinski definition) is 1. The van der Waals surface area contributed by atoms with Crippen LogP contribution < -0.4 is 5.32 Å². The van der Waals surface area contributed by atoms with Crippen molar-refractivity contribution in [3.63, 3.8) is 0 Å². The van der Waals surface area contributed by atoms with E-state index < -0.39 is 0 Å². The Labute approximate surface area is 152 Å². The highest BCUT2D eigenvalue weighted by molar-refractivity contribution is 7.99. The van der Waals surface area contributed by atoms with Crippen LogP contribution in [0.15, 0.2) is 35.7 Å². The summed E-state index contributed by atoms with van der Waals surface area (Å²) in [5.41, 5.74) is 2.16. The summed E-state index contributed by atoms with van der Waals surface area (Å²) in [6.45, 7) is 2.04. The SMILES string of the molecule is Cc1ccc(-n2cnnc2SCC(=O)Nc2nnc(C3CC3)s2)cc1. The van der Waals surface area contributed by atoms with Crippen LogP contribution in [0.1, 0.15) is 29.3 Å². The van der Waals surface area contributed by atoms with Crippen LogP contribution in [0.4, 0.5) is 5.13 Å². The lowest BCUT2D eigenvalue weighted by atomic mass is 10.2. The quantitative estimate of drug-likeness (QED) is 0.670. The minimum atomic E-state index is -0.123. The molecule has 1 saturated carbocycles. The second-order valence-electron chi connectivity index (χ2n) is 5.88. The Morgan fingerprint density at radius 2 is 2.08 bits per heavy atom. The van der Waals surface area contributed by atoms with Gasteiger partial charge in [-0.1, -0.05) is 40.8 Å². The molecule has 3 aromatic rings. The van der Waals surface area contributed by atoms with E-state index in [0.29, 0.717) is 16.2 Å². The van der Waals surface area contributed by atoms with Crippen molar-refractivity contribution in [1.29, 1.82) is 0 Å². The van der Waals surface area contributed by atoms with Gasteiger partial charge in [-0.05, 0) is 31.9 Å². The number of anilines is 1. The fraction of sp³-hybridized carbons (Fsp3) is 0.312. The summed E-state index contributed by atoms with van der Waals surface area (Å²) in [6.07, 6.45) is 4.00. The molecule has 0 atom stereocenters. The summed E-state index contributed by atoms with van der Waals surface area (Å²) in [5.74, 6) is 0.663. The van der Waals surface area contributed by atoms with Crippen LogP contribution in [0.25, 0.3) is 5.69 Å². The average molecular weight is 372 g/mol. The number of nitrogens with zero attached hydrogens (tertiary/aromatic N) is 5. The molecule has 0 bridgehead atoms. The molecule has 25 heavy (non-hydrogen) atoms. The first-order valence-corrected chi connectivity index (χ1v) is 9.72. The first kappa shape index (κ1) is 16.2. The molecule has 0 radical (unpaired) electrons. The Hall–Kier alpha value is -2.26. The van der Waals surface area contributed by atoms with Gasteiger partial charge in [-0.3, -0.25) is 14.7 Å². The molecular formula is C16H16N6OS2. The molecule has 0 aliphatic heterocycles. The number of carbonyl (C=O) groups is 1. The van der Waals surface area contributed by atoms with E-state index in [1.54, 1.807) is 6.33 Å². The third-order valence-electron chi connectivity index (χ3n) is 3.77. The third-order valence-corrected chi connectivity index (χ3v) is 5.72. The number of nitrogens with one attached hydrogen (secondary N) is 1. The molecule has 9 heteroatoms. The van der Waals surface area contributed by atoms with Crippen molar-refractivity contribution in [3.8, 4) is 5.69 Å². The standard InChI is InChI=1S/C16H16N6OS2/c1-10-2-6-12(7-3-10)22-9-17-21-16(22)24-8-13(23)18-15-20-19-14(25-15)11-4-5-11/h2-3,6-7,9,11H,4-5,8H2,1H3,(H,18,20,23). The molecule has 128 valence electrons. The fourth-order valence-corrected chi connectivity index (χ4v) is 3.93. The summed E-state index contributed by atoms with van der Waals surface area (Å²) < 4.78 is 1.87. The van der Waals surface area contributed by atoms with Crippen LogP contribution in [0.3, 0.4) is 0 Å². The largest absolute Gasteiger partial charge is 0.300 e. The number of benzene rings is 1. The lowest BCUT2D eigenvalue weighted by Gasteiger charge is -2.06. The van der Waals surface area contributed by atoms with Gasteiger partial charge in [-0.25, -0.2) is 0 Å². The summed E-state index contributed by atoms with van der Waals surface area (Å²) >= 11 is 2.80. The van der Waals surface area contributed by atoms with E-state index in [1.165, 1.54) is 41.5 Å². The van der Waals surface area contributed by atoms with Gasteiger partial charge in [0.15, 0.2) is 5.16 Å². The Morgan fingerprint density at radius 3 is 2.84 bits per heavy atom. The lowest BCUT2D eigenvalue weighted by Crippen LogP contribution is -2.14. The number of hydrogen-bond acceptors (Lipinski definition) is 7. The summed E-state index contributed by atoms with van der Waals surface area (Å²) in [7, 11) is 0. The van der Waals surface area contributed by atoms with Crippen LogP contribution in [0.2, 0.25) is 0 Å². The predicted molar refractivity (Wildman–Crippen MR) is 97.3 cm³/mol. The minimum absolute atomic E-state index is 0.123. The topological polar surface area (TPSA) is 85.6 Å². The van der Waals surface area contributed by atoms with Crippen molar-refractivity contribution in [3.05, 3.63) is 41.2 Å². The van der Waals surface area contributed by atoms with Crippen molar-refractivity contribution in [2.24, 2.45) is 0 Å². The number of aromatic nitrogens is 5. The smallest absolute Gasteiger partial charge is 0.236 e. The molecule has 1 aliphatic carbocycles. The Bertz CT molecular complexity index is 884. The van der Waals surface area contributed by atoms with Crippen molar-refractivity contribution in [2.75, 3.05) is 11.1 Å². The zero-order valence-electron chi connectivity index (χ0n) is 13.5. The molecule has 1 aromatic carbocycles. The van der Waals surface area contributed by atoms with E-state index in [9.17, 15) is 4.79 Å². The van der Waals surface area contributed by atoms with E-state index in [2.05, 4.69) is 25.7 Å². The van der Waals surface area contributed by atoms with Crippen LogP contribution in [-0.2, 0) is 4.79 Å². The highest BCUT2D eigenvalue weighted by Gasteiger charge is 2.27. The van der Waals surface area contributed by atoms with E-state index >= 15 is 0 Å². The number of aryl methyl sites for hydroxylation is 1. The highest BCUT2D eigenvalue weighted by atomic mass is 32.2. The van der Waals surface area contributed by atoms with E-state index in [4.69, 9.17) is 0 Å². The Morgan fingerprint density at radius 1 is 1.28 bits per heavy atom. The van der Waals surface area contributed by atoms with E-state index in [-0.39, 0.29) is 11.7 Å². The van der Waals surface area contributed by atoms with Crippen LogP contribution in [0, 0.1) is 6.92 Å². The van der Waals surface area contributed by atoms with Gasteiger partial charge in [0.25, 0.3) is 0 Å². The van der Waals surface area contributed by atoms with Crippen LogP contribution in [-0.4, -0.2) is 36.6 Å². The summed E-state index contributed by atoms with van der Waals surface area (Å²) in [5, 5.41) is 21.3. The third kappa shape index (κ3) is 3.88. The Kier molecular flexibility index (Phi) is 4.50. The fourth-order valence-electron chi connectivity index (χ4n) is 2.27. The zero-order valence-corrected chi connectivity index (χ0v) is 15.2. The maximum atomic E-state index is 12.1. The van der Waals surface area contributed by atoms with Crippen LogP contribution >= 0.6 is 23.1 Å². The minimum Gasteiger partial charge on any atom is -0.300 e. The molecule has 7 nitrogen and oxygen atoms in total. The molecule has 4 rings (SSSR count). The van der Waals surface area contributed by atoms with Gasteiger partial charge in [-0.15, -0.1) is 20.4 Å². The highest BCUT2D eigenvalue weighted by Crippen LogP contribution is 2.42. The van der Waals surface area contributed by atoms with E-state index in [0.717, 1.165) is 10.7 Å². The molecule has 0 unspecified atom stereocenters. The Balaban J connectivity index is 1.37.